The minimum absolute atomic E-state index is 0. The van der Waals surface area contributed by atoms with Gasteiger partial charge in [-0.05, 0) is 17.5 Å². The molecule has 0 aliphatic heterocycles. The monoisotopic (exact) mass is 368 g/mol. The van der Waals surface area contributed by atoms with Crippen molar-refractivity contribution in [1.82, 2.24) is 0 Å². The van der Waals surface area contributed by atoms with Gasteiger partial charge in [0.2, 0.25) is 0 Å². The van der Waals surface area contributed by atoms with Crippen LogP contribution in [0.5, 0.6) is 11.5 Å². The van der Waals surface area contributed by atoms with Gasteiger partial charge in [0.15, 0.2) is 0 Å². The number of hydrogen-bond acceptors (Lipinski definition) is 6. The first kappa shape index (κ1) is 22.1. The Bertz CT molecular complexity index is 922. The van der Waals surface area contributed by atoms with Crippen LogP contribution >= 0.6 is 0 Å². The van der Waals surface area contributed by atoms with Crippen LogP contribution in [0.3, 0.4) is 0 Å². The minimum atomic E-state index is -4.71. The van der Waals surface area contributed by atoms with E-state index in [0.717, 1.165) is 18.2 Å². The van der Waals surface area contributed by atoms with E-state index in [1.54, 1.807) is 0 Å². The van der Waals surface area contributed by atoms with Crippen molar-refractivity contribution in [3.05, 3.63) is 24.3 Å². The number of rotatable bonds is 2. The van der Waals surface area contributed by atoms with Crippen molar-refractivity contribution in [1.29, 1.82) is 0 Å². The molecule has 0 saturated heterocycles. The van der Waals surface area contributed by atoms with Gasteiger partial charge in [-0.3, -0.25) is 9.11 Å². The van der Waals surface area contributed by atoms with Gasteiger partial charge in [0, 0.05) is 6.07 Å². The zero-order valence-electron chi connectivity index (χ0n) is 9.55. The summed E-state index contributed by atoms with van der Waals surface area (Å²) < 4.78 is 61.8. The maximum atomic E-state index is 11.0. The first-order valence-corrected chi connectivity index (χ1v) is 7.83. The van der Waals surface area contributed by atoms with Gasteiger partial charge >= 0.3 is 59.1 Å². The molecule has 0 aliphatic rings. The number of benzene rings is 2. The SMILES string of the molecule is O=S(=O)(O)c1cc(O)c2c(O)c(S(=O)(=O)O)ccc2c1.[NaH].[NaH]. The van der Waals surface area contributed by atoms with E-state index in [9.17, 15) is 27.0 Å². The molecule has 0 heterocycles. The maximum absolute atomic E-state index is 11.0. The molecule has 0 amide bonds. The van der Waals surface area contributed by atoms with Crippen LogP contribution in [0.1, 0.15) is 0 Å². The molecule has 0 saturated carbocycles. The number of hydrogen-bond donors (Lipinski definition) is 4. The zero-order chi connectivity index (χ0) is 15.3. The van der Waals surface area contributed by atoms with E-state index in [4.69, 9.17) is 9.11 Å². The predicted molar refractivity (Wildman–Crippen MR) is 81.2 cm³/mol. The Hall–Kier alpha value is 0.120. The fourth-order valence-electron chi connectivity index (χ4n) is 1.74. The Kier molecular flexibility index (Phi) is 7.38. The average molecular weight is 368 g/mol. The third kappa shape index (κ3) is 4.35. The summed E-state index contributed by atoms with van der Waals surface area (Å²) in [6, 6.07) is 3.47. The molecule has 2 aromatic rings. The van der Waals surface area contributed by atoms with Crippen molar-refractivity contribution < 1.29 is 36.2 Å². The summed E-state index contributed by atoms with van der Waals surface area (Å²) in [4.78, 5) is -1.46. The molecule has 2 aromatic carbocycles. The Labute approximate surface area is 170 Å². The van der Waals surface area contributed by atoms with Gasteiger partial charge in [0.05, 0.1) is 10.3 Å². The van der Waals surface area contributed by atoms with Gasteiger partial charge in [-0.1, -0.05) is 6.07 Å². The molecule has 0 bridgehead atoms. The van der Waals surface area contributed by atoms with E-state index in [2.05, 4.69) is 0 Å². The van der Waals surface area contributed by atoms with Gasteiger partial charge in [-0.2, -0.15) is 16.8 Å². The molecule has 8 nitrogen and oxygen atoms in total. The molecule has 0 spiro atoms. The van der Waals surface area contributed by atoms with Crippen LogP contribution in [0.2, 0.25) is 0 Å². The van der Waals surface area contributed by atoms with Gasteiger partial charge < -0.3 is 10.2 Å². The molecule has 0 unspecified atom stereocenters. The summed E-state index contributed by atoms with van der Waals surface area (Å²) in [6.45, 7) is 0. The van der Waals surface area contributed by atoms with Crippen molar-refractivity contribution in [2.24, 2.45) is 0 Å². The fraction of sp³-hybridized carbons (Fsp3) is 0. The van der Waals surface area contributed by atoms with Crippen molar-refractivity contribution in [3.8, 4) is 11.5 Å². The number of fused-ring (bicyclic) bond motifs is 1. The number of phenols is 2. The van der Waals surface area contributed by atoms with Crippen LogP contribution in [-0.4, -0.2) is 95.3 Å². The van der Waals surface area contributed by atoms with E-state index in [1.165, 1.54) is 0 Å². The van der Waals surface area contributed by atoms with E-state index >= 15 is 0 Å². The fourth-order valence-corrected chi connectivity index (χ4v) is 2.86. The third-order valence-corrected chi connectivity index (χ3v) is 4.30. The van der Waals surface area contributed by atoms with Crippen molar-refractivity contribution >= 4 is 90.1 Å². The van der Waals surface area contributed by atoms with Gasteiger partial charge in [0.1, 0.15) is 16.4 Å². The number of phenolic OH excluding ortho intramolecular Hbond substituents is 2. The van der Waals surface area contributed by atoms with Gasteiger partial charge in [-0.15, -0.1) is 0 Å². The standard InChI is InChI=1S/C10H8O8S2.2Na.2H/c11-7-4-6(19(13,14)15)3-5-1-2-8(20(16,17)18)10(12)9(5)7;;;;/h1-4,11-12H,(H,13,14,15)(H,16,17,18);;;;. The normalized spacial score (nSPS) is 11.5. The molecular formula is C10H10Na2O8S2. The Morgan fingerprint density at radius 2 is 1.36 bits per heavy atom. The molecule has 22 heavy (non-hydrogen) atoms. The van der Waals surface area contributed by atoms with Crippen LogP contribution < -0.4 is 0 Å². The van der Waals surface area contributed by atoms with E-state index in [1.807, 2.05) is 0 Å². The molecule has 4 N–H and O–H groups in total. The second kappa shape index (κ2) is 7.34. The van der Waals surface area contributed by atoms with Crippen LogP contribution in [-0.2, 0) is 20.2 Å². The predicted octanol–water partition coefficient (Wildman–Crippen LogP) is -0.553. The molecule has 0 aromatic heterocycles. The quantitative estimate of drug-likeness (QED) is 0.407. The molecule has 0 fully saturated rings. The van der Waals surface area contributed by atoms with Crippen LogP contribution in [0.4, 0.5) is 0 Å². The van der Waals surface area contributed by atoms with E-state index < -0.39 is 41.5 Å². The van der Waals surface area contributed by atoms with E-state index in [-0.39, 0.29) is 69.9 Å². The molecule has 2 rings (SSSR count). The first-order valence-electron chi connectivity index (χ1n) is 4.95. The van der Waals surface area contributed by atoms with Crippen LogP contribution in [0.15, 0.2) is 34.1 Å². The Balaban J connectivity index is 0.00000220. The van der Waals surface area contributed by atoms with Crippen molar-refractivity contribution in [2.45, 2.75) is 9.79 Å². The van der Waals surface area contributed by atoms with Gasteiger partial charge in [0.25, 0.3) is 20.2 Å². The average Bonchev–Trinajstić information content (AvgIpc) is 2.25. The number of aromatic hydroxyl groups is 2. The summed E-state index contributed by atoms with van der Waals surface area (Å²) in [7, 11) is -9.29. The molecule has 0 aliphatic carbocycles. The third-order valence-electron chi connectivity index (χ3n) is 2.58. The Morgan fingerprint density at radius 3 is 1.82 bits per heavy atom. The summed E-state index contributed by atoms with van der Waals surface area (Å²) >= 11 is 0. The van der Waals surface area contributed by atoms with Gasteiger partial charge in [-0.25, -0.2) is 0 Å². The molecule has 0 atom stereocenters. The second-order valence-corrected chi connectivity index (χ2v) is 6.71. The summed E-state index contributed by atoms with van der Waals surface area (Å²) in [5.74, 6) is -1.69. The molecule has 0 radical (unpaired) electrons. The van der Waals surface area contributed by atoms with Crippen molar-refractivity contribution in [3.63, 3.8) is 0 Å². The second-order valence-electron chi connectivity index (χ2n) is 3.90. The topological polar surface area (TPSA) is 149 Å². The molecule has 112 valence electrons. The molecule has 12 heteroatoms. The summed E-state index contributed by atoms with van der Waals surface area (Å²) in [5, 5.41) is 19.0. The summed E-state index contributed by atoms with van der Waals surface area (Å²) in [5.41, 5.74) is 0. The summed E-state index contributed by atoms with van der Waals surface area (Å²) in [6.07, 6.45) is 0. The van der Waals surface area contributed by atoms with Crippen LogP contribution in [0, 0.1) is 0 Å². The van der Waals surface area contributed by atoms with Crippen molar-refractivity contribution in [2.75, 3.05) is 0 Å². The van der Waals surface area contributed by atoms with Crippen LogP contribution in [0.25, 0.3) is 10.8 Å². The van der Waals surface area contributed by atoms with E-state index in [0.29, 0.717) is 6.07 Å². The zero-order valence-corrected chi connectivity index (χ0v) is 11.2. The Morgan fingerprint density at radius 1 is 0.818 bits per heavy atom. The molecular weight excluding hydrogens is 358 g/mol. The first-order chi connectivity index (χ1) is 9.01.